The average molecular weight is 193 g/mol. The molecule has 3 nitrogen and oxygen atoms in total. The molecule has 0 amide bonds. The van der Waals surface area contributed by atoms with Crippen LogP contribution in [0.5, 0.6) is 0 Å². The summed E-state index contributed by atoms with van der Waals surface area (Å²) in [5.74, 6) is 0. The molecular formula is C11H19N3. The number of likely N-dealkylation sites (N-methyl/N-ethyl adjacent to an activating group) is 1. The number of hydrogen-bond donors (Lipinski definition) is 1. The highest BCUT2D eigenvalue weighted by Gasteiger charge is 1.98. The van der Waals surface area contributed by atoms with Crippen LogP contribution in [0, 0.1) is 0 Å². The Balaban J connectivity index is 2.20. The van der Waals surface area contributed by atoms with Gasteiger partial charge in [0, 0.05) is 18.9 Å². The Morgan fingerprint density at radius 1 is 1.43 bits per heavy atom. The van der Waals surface area contributed by atoms with Crippen LogP contribution in [0.15, 0.2) is 24.5 Å². The number of rotatable bonds is 6. The molecule has 0 radical (unpaired) electrons. The van der Waals surface area contributed by atoms with Crippen molar-refractivity contribution in [1.82, 2.24) is 9.88 Å². The highest BCUT2D eigenvalue weighted by molar-refractivity contribution is 5.08. The zero-order chi connectivity index (χ0) is 10.2. The number of nitrogens with two attached hydrogens (primary N) is 1. The van der Waals surface area contributed by atoms with Gasteiger partial charge in [0.2, 0.25) is 0 Å². The van der Waals surface area contributed by atoms with Crippen molar-refractivity contribution in [2.75, 3.05) is 26.7 Å². The van der Waals surface area contributed by atoms with E-state index < -0.39 is 0 Å². The highest BCUT2D eigenvalue weighted by Crippen LogP contribution is 1.98. The Morgan fingerprint density at radius 2 is 2.29 bits per heavy atom. The molecule has 0 aliphatic carbocycles. The monoisotopic (exact) mass is 193 g/mol. The maximum atomic E-state index is 5.45. The lowest BCUT2D eigenvalue weighted by molar-refractivity contribution is 0.335. The van der Waals surface area contributed by atoms with Crippen molar-refractivity contribution < 1.29 is 0 Å². The van der Waals surface area contributed by atoms with Gasteiger partial charge in [0.05, 0.1) is 0 Å². The molecule has 0 saturated carbocycles. The molecule has 0 fully saturated rings. The highest BCUT2D eigenvalue weighted by atomic mass is 15.1. The molecule has 78 valence electrons. The van der Waals surface area contributed by atoms with E-state index in [0.717, 1.165) is 32.5 Å². The van der Waals surface area contributed by atoms with Gasteiger partial charge >= 0.3 is 0 Å². The molecule has 0 unspecified atom stereocenters. The molecule has 1 rings (SSSR count). The van der Waals surface area contributed by atoms with E-state index in [1.54, 1.807) is 0 Å². The third-order valence-corrected chi connectivity index (χ3v) is 2.25. The van der Waals surface area contributed by atoms with Gasteiger partial charge in [-0.2, -0.15) is 0 Å². The molecule has 0 bridgehead atoms. The fraction of sp³-hybridized carbons (Fsp3) is 0.545. The van der Waals surface area contributed by atoms with Crippen LogP contribution < -0.4 is 5.73 Å². The Hall–Kier alpha value is -0.930. The minimum Gasteiger partial charge on any atom is -0.330 e. The molecular weight excluding hydrogens is 174 g/mol. The van der Waals surface area contributed by atoms with Gasteiger partial charge in [0.25, 0.3) is 0 Å². The first-order valence-electron chi connectivity index (χ1n) is 5.10. The summed E-state index contributed by atoms with van der Waals surface area (Å²) < 4.78 is 0. The zero-order valence-corrected chi connectivity index (χ0v) is 8.82. The van der Waals surface area contributed by atoms with Gasteiger partial charge in [-0.05, 0) is 44.6 Å². The van der Waals surface area contributed by atoms with Crippen LogP contribution >= 0.6 is 0 Å². The minimum atomic E-state index is 0.775. The van der Waals surface area contributed by atoms with Crippen molar-refractivity contribution in [3.63, 3.8) is 0 Å². The molecule has 1 aromatic heterocycles. The second kappa shape index (κ2) is 6.51. The van der Waals surface area contributed by atoms with E-state index in [1.165, 1.54) is 5.56 Å². The lowest BCUT2D eigenvalue weighted by atomic mass is 10.2. The predicted octanol–water partition coefficient (Wildman–Crippen LogP) is 0.905. The first-order valence-corrected chi connectivity index (χ1v) is 5.10. The fourth-order valence-corrected chi connectivity index (χ4v) is 1.34. The Bertz CT molecular complexity index is 236. The van der Waals surface area contributed by atoms with Crippen LogP contribution in [0.2, 0.25) is 0 Å². The largest absolute Gasteiger partial charge is 0.330 e. The Kier molecular flexibility index (Phi) is 5.19. The van der Waals surface area contributed by atoms with Gasteiger partial charge in [-0.3, -0.25) is 4.98 Å². The smallest absolute Gasteiger partial charge is 0.0300 e. The molecule has 0 aliphatic heterocycles. The van der Waals surface area contributed by atoms with Gasteiger partial charge in [0.15, 0.2) is 0 Å². The van der Waals surface area contributed by atoms with E-state index >= 15 is 0 Å². The molecule has 1 heterocycles. The fourth-order valence-electron chi connectivity index (χ4n) is 1.34. The molecule has 0 aromatic carbocycles. The molecule has 14 heavy (non-hydrogen) atoms. The lowest BCUT2D eigenvalue weighted by Crippen LogP contribution is -2.24. The summed E-state index contributed by atoms with van der Waals surface area (Å²) in [6.07, 6.45) is 5.87. The molecule has 0 saturated heterocycles. The van der Waals surface area contributed by atoms with Crippen molar-refractivity contribution in [2.45, 2.75) is 12.8 Å². The van der Waals surface area contributed by atoms with E-state index in [2.05, 4.69) is 23.0 Å². The van der Waals surface area contributed by atoms with Gasteiger partial charge in [-0.15, -0.1) is 0 Å². The van der Waals surface area contributed by atoms with Crippen molar-refractivity contribution in [2.24, 2.45) is 5.73 Å². The van der Waals surface area contributed by atoms with Gasteiger partial charge in [-0.25, -0.2) is 0 Å². The molecule has 1 aromatic rings. The first-order chi connectivity index (χ1) is 6.83. The number of nitrogens with zero attached hydrogens (tertiary/aromatic N) is 2. The van der Waals surface area contributed by atoms with Gasteiger partial charge in [0.1, 0.15) is 0 Å². The van der Waals surface area contributed by atoms with Gasteiger partial charge in [-0.1, -0.05) is 6.07 Å². The third-order valence-electron chi connectivity index (χ3n) is 2.25. The Labute approximate surface area is 85.9 Å². The summed E-state index contributed by atoms with van der Waals surface area (Å²) in [6.45, 7) is 2.93. The number of aromatic nitrogens is 1. The van der Waals surface area contributed by atoms with Crippen LogP contribution in [0.4, 0.5) is 0 Å². The lowest BCUT2D eigenvalue weighted by Gasteiger charge is -2.15. The van der Waals surface area contributed by atoms with Crippen LogP contribution in [-0.2, 0) is 6.42 Å². The van der Waals surface area contributed by atoms with Crippen molar-refractivity contribution in [3.8, 4) is 0 Å². The van der Waals surface area contributed by atoms with E-state index in [0.29, 0.717) is 0 Å². The molecule has 0 atom stereocenters. The van der Waals surface area contributed by atoms with Crippen LogP contribution in [-0.4, -0.2) is 36.6 Å². The van der Waals surface area contributed by atoms with Crippen molar-refractivity contribution in [3.05, 3.63) is 30.1 Å². The van der Waals surface area contributed by atoms with E-state index in [9.17, 15) is 0 Å². The molecule has 2 N–H and O–H groups in total. The molecule has 0 aliphatic rings. The number of pyridine rings is 1. The van der Waals surface area contributed by atoms with E-state index in [-0.39, 0.29) is 0 Å². The predicted molar refractivity (Wildman–Crippen MR) is 59.1 cm³/mol. The van der Waals surface area contributed by atoms with Gasteiger partial charge < -0.3 is 10.6 Å². The second-order valence-corrected chi connectivity index (χ2v) is 3.56. The third kappa shape index (κ3) is 4.35. The van der Waals surface area contributed by atoms with Crippen LogP contribution in [0.1, 0.15) is 12.0 Å². The summed E-state index contributed by atoms with van der Waals surface area (Å²) in [5, 5.41) is 0. The van der Waals surface area contributed by atoms with Crippen LogP contribution in [0.3, 0.4) is 0 Å². The first kappa shape index (κ1) is 11.1. The minimum absolute atomic E-state index is 0.775. The summed E-state index contributed by atoms with van der Waals surface area (Å²) in [6, 6.07) is 4.10. The van der Waals surface area contributed by atoms with Crippen LogP contribution in [0.25, 0.3) is 0 Å². The normalized spacial score (nSPS) is 10.8. The van der Waals surface area contributed by atoms with Crippen molar-refractivity contribution >= 4 is 0 Å². The average Bonchev–Trinajstić information content (AvgIpc) is 2.25. The summed E-state index contributed by atoms with van der Waals surface area (Å²) in [4.78, 5) is 6.39. The Morgan fingerprint density at radius 3 is 2.93 bits per heavy atom. The second-order valence-electron chi connectivity index (χ2n) is 3.56. The molecule has 3 heteroatoms. The van der Waals surface area contributed by atoms with Crippen molar-refractivity contribution in [1.29, 1.82) is 0 Å². The summed E-state index contributed by atoms with van der Waals surface area (Å²) in [5.41, 5.74) is 6.75. The van der Waals surface area contributed by atoms with E-state index in [1.807, 2.05) is 18.5 Å². The summed E-state index contributed by atoms with van der Waals surface area (Å²) >= 11 is 0. The zero-order valence-electron chi connectivity index (χ0n) is 8.82. The number of hydrogen-bond acceptors (Lipinski definition) is 3. The summed E-state index contributed by atoms with van der Waals surface area (Å²) in [7, 11) is 2.13. The quantitative estimate of drug-likeness (QED) is 0.730. The maximum Gasteiger partial charge on any atom is 0.0300 e. The van der Waals surface area contributed by atoms with E-state index in [4.69, 9.17) is 5.73 Å². The molecule has 0 spiro atoms. The topological polar surface area (TPSA) is 42.1 Å². The standard InChI is InChI=1S/C11H19N3/c1-14(8-3-6-12)9-5-11-4-2-7-13-10-11/h2,4,7,10H,3,5-6,8-9,12H2,1H3. The SMILES string of the molecule is CN(CCCN)CCc1cccnc1. The maximum absolute atomic E-state index is 5.45.